The smallest absolute Gasteiger partial charge is 0.327 e. The van der Waals surface area contributed by atoms with E-state index in [2.05, 4.69) is 10.00 Å². The molecule has 0 spiro atoms. The molecule has 0 N–H and O–H groups in total. The van der Waals surface area contributed by atoms with Crippen molar-refractivity contribution in [2.75, 3.05) is 24.6 Å². The van der Waals surface area contributed by atoms with Gasteiger partial charge in [0.1, 0.15) is 11.6 Å². The molecular weight excluding hydrogens is 282 g/mol. The maximum atomic E-state index is 12.1. The molecule has 110 valence electrons. The monoisotopic (exact) mass is 299 g/mol. The Labute approximate surface area is 122 Å². The van der Waals surface area contributed by atoms with E-state index in [1.54, 1.807) is 13.1 Å². The Morgan fingerprint density at radius 2 is 2.10 bits per heavy atom. The van der Waals surface area contributed by atoms with Gasteiger partial charge < -0.3 is 9.64 Å². The number of carbonyl (C=O) groups is 1. The molecule has 0 radical (unpaired) electrons. The highest BCUT2D eigenvalue weighted by atomic mass is 35.5. The molecule has 1 aromatic rings. The van der Waals surface area contributed by atoms with Crippen LogP contribution in [0.5, 0.6) is 0 Å². The first-order valence-corrected chi connectivity index (χ1v) is 7.17. The number of nitrogens with zero attached hydrogens (tertiary/aromatic N) is 3. The van der Waals surface area contributed by atoms with Gasteiger partial charge in [0, 0.05) is 13.1 Å². The van der Waals surface area contributed by atoms with E-state index in [0.29, 0.717) is 5.69 Å². The SMILES string of the molecule is CCOC(=O)Cn1ncc(N2CCCCC2)c(Cl)c1=O. The topological polar surface area (TPSA) is 64.4 Å². The Kier molecular flexibility index (Phi) is 5.00. The van der Waals surface area contributed by atoms with Gasteiger partial charge in [-0.3, -0.25) is 9.59 Å². The predicted octanol–water partition coefficient (Wildman–Crippen LogP) is 1.45. The summed E-state index contributed by atoms with van der Waals surface area (Å²) in [6, 6.07) is 0. The van der Waals surface area contributed by atoms with Crippen molar-refractivity contribution >= 4 is 23.3 Å². The lowest BCUT2D eigenvalue weighted by atomic mass is 10.1. The zero-order chi connectivity index (χ0) is 14.5. The molecule has 0 aliphatic carbocycles. The van der Waals surface area contributed by atoms with Crippen LogP contribution in [0, 0.1) is 0 Å². The highest BCUT2D eigenvalue weighted by Crippen LogP contribution is 2.24. The van der Waals surface area contributed by atoms with E-state index in [-0.39, 0.29) is 18.2 Å². The predicted molar refractivity (Wildman–Crippen MR) is 76.2 cm³/mol. The molecule has 0 unspecified atom stereocenters. The number of ether oxygens (including phenoxy) is 1. The maximum absolute atomic E-state index is 12.1. The second kappa shape index (κ2) is 6.74. The maximum Gasteiger partial charge on any atom is 0.327 e. The lowest BCUT2D eigenvalue weighted by molar-refractivity contribution is -0.144. The van der Waals surface area contributed by atoms with E-state index in [9.17, 15) is 9.59 Å². The van der Waals surface area contributed by atoms with Gasteiger partial charge in [0.15, 0.2) is 0 Å². The van der Waals surface area contributed by atoms with E-state index in [1.807, 2.05) is 0 Å². The molecule has 1 saturated heterocycles. The van der Waals surface area contributed by atoms with E-state index in [0.717, 1.165) is 30.6 Å². The molecule has 6 nitrogen and oxygen atoms in total. The van der Waals surface area contributed by atoms with E-state index in [1.165, 1.54) is 6.42 Å². The zero-order valence-corrected chi connectivity index (χ0v) is 12.2. The number of hydrogen-bond acceptors (Lipinski definition) is 5. The fraction of sp³-hybridized carbons (Fsp3) is 0.615. The third-order valence-corrected chi connectivity index (χ3v) is 3.60. The summed E-state index contributed by atoms with van der Waals surface area (Å²) in [5.74, 6) is -0.496. The molecule has 1 aliphatic rings. The Morgan fingerprint density at radius 3 is 2.75 bits per heavy atom. The van der Waals surface area contributed by atoms with Crippen LogP contribution in [0.2, 0.25) is 5.02 Å². The summed E-state index contributed by atoms with van der Waals surface area (Å²) in [4.78, 5) is 25.6. The average molecular weight is 300 g/mol. The van der Waals surface area contributed by atoms with Crippen LogP contribution in [-0.2, 0) is 16.1 Å². The minimum Gasteiger partial charge on any atom is -0.465 e. The number of hydrogen-bond donors (Lipinski definition) is 0. The third-order valence-electron chi connectivity index (χ3n) is 3.25. The molecular formula is C13H18ClN3O3. The Balaban J connectivity index is 2.20. The first-order valence-electron chi connectivity index (χ1n) is 6.79. The number of rotatable bonds is 4. The van der Waals surface area contributed by atoms with Crippen LogP contribution in [0.3, 0.4) is 0 Å². The molecule has 20 heavy (non-hydrogen) atoms. The van der Waals surface area contributed by atoms with Crippen LogP contribution >= 0.6 is 11.6 Å². The number of anilines is 1. The van der Waals surface area contributed by atoms with E-state index >= 15 is 0 Å². The van der Waals surface area contributed by atoms with Crippen molar-refractivity contribution in [2.45, 2.75) is 32.7 Å². The van der Waals surface area contributed by atoms with Gasteiger partial charge in [0.05, 0.1) is 18.5 Å². The summed E-state index contributed by atoms with van der Waals surface area (Å²) in [7, 11) is 0. The van der Waals surface area contributed by atoms with Gasteiger partial charge >= 0.3 is 5.97 Å². The molecule has 1 fully saturated rings. The molecule has 0 atom stereocenters. The molecule has 2 rings (SSSR count). The van der Waals surface area contributed by atoms with Crippen LogP contribution in [0.4, 0.5) is 5.69 Å². The van der Waals surface area contributed by atoms with E-state index in [4.69, 9.17) is 16.3 Å². The minimum absolute atomic E-state index is 0.117. The van der Waals surface area contributed by atoms with Gasteiger partial charge in [-0.25, -0.2) is 4.68 Å². The lowest BCUT2D eigenvalue weighted by Gasteiger charge is -2.29. The fourth-order valence-electron chi connectivity index (χ4n) is 2.25. The molecule has 0 amide bonds. The van der Waals surface area contributed by atoms with Gasteiger partial charge in [0.2, 0.25) is 0 Å². The molecule has 1 aliphatic heterocycles. The van der Waals surface area contributed by atoms with Crippen molar-refractivity contribution in [3.8, 4) is 0 Å². The first-order chi connectivity index (χ1) is 9.63. The van der Waals surface area contributed by atoms with Gasteiger partial charge in [-0.05, 0) is 26.2 Å². The minimum atomic E-state index is -0.496. The molecule has 7 heteroatoms. The van der Waals surface area contributed by atoms with Crippen molar-refractivity contribution in [3.05, 3.63) is 21.6 Å². The summed E-state index contributed by atoms with van der Waals surface area (Å²) < 4.78 is 5.83. The average Bonchev–Trinajstić information content (AvgIpc) is 2.45. The van der Waals surface area contributed by atoms with Crippen LogP contribution < -0.4 is 10.5 Å². The standard InChI is InChI=1S/C13H18ClN3O3/c1-2-20-11(18)9-17-13(19)12(14)10(8-15-17)16-6-4-3-5-7-16/h8H,2-7,9H2,1H3. The highest BCUT2D eigenvalue weighted by molar-refractivity contribution is 6.33. The summed E-state index contributed by atoms with van der Waals surface area (Å²) in [6.07, 6.45) is 4.92. The van der Waals surface area contributed by atoms with Crippen molar-refractivity contribution < 1.29 is 9.53 Å². The highest BCUT2D eigenvalue weighted by Gasteiger charge is 2.18. The van der Waals surface area contributed by atoms with Gasteiger partial charge in [-0.1, -0.05) is 11.6 Å². The second-order valence-electron chi connectivity index (χ2n) is 4.66. The van der Waals surface area contributed by atoms with Gasteiger partial charge in [0.25, 0.3) is 5.56 Å². The molecule has 1 aromatic heterocycles. The van der Waals surface area contributed by atoms with Crippen LogP contribution in [0.15, 0.2) is 11.0 Å². The zero-order valence-electron chi connectivity index (χ0n) is 11.5. The summed E-state index contributed by atoms with van der Waals surface area (Å²) in [5, 5.41) is 4.13. The second-order valence-corrected chi connectivity index (χ2v) is 5.04. The fourth-order valence-corrected chi connectivity index (χ4v) is 2.52. The van der Waals surface area contributed by atoms with E-state index < -0.39 is 11.5 Å². The van der Waals surface area contributed by atoms with Gasteiger partial charge in [-0.2, -0.15) is 5.10 Å². The number of aromatic nitrogens is 2. The lowest BCUT2D eigenvalue weighted by Crippen LogP contribution is -2.34. The number of halogens is 1. The Bertz CT molecular complexity index is 538. The molecule has 2 heterocycles. The third kappa shape index (κ3) is 3.30. The van der Waals surface area contributed by atoms with Crippen molar-refractivity contribution in [1.29, 1.82) is 0 Å². The summed E-state index contributed by atoms with van der Waals surface area (Å²) >= 11 is 6.13. The summed E-state index contributed by atoms with van der Waals surface area (Å²) in [6.45, 7) is 3.52. The molecule has 0 bridgehead atoms. The number of piperidine rings is 1. The van der Waals surface area contributed by atoms with Crippen LogP contribution in [0.25, 0.3) is 0 Å². The quantitative estimate of drug-likeness (QED) is 0.787. The largest absolute Gasteiger partial charge is 0.465 e. The van der Waals surface area contributed by atoms with Crippen LogP contribution in [-0.4, -0.2) is 35.4 Å². The van der Waals surface area contributed by atoms with Crippen molar-refractivity contribution in [3.63, 3.8) is 0 Å². The Hall–Kier alpha value is -1.56. The number of carbonyl (C=O) groups excluding carboxylic acids is 1. The Morgan fingerprint density at radius 1 is 1.40 bits per heavy atom. The van der Waals surface area contributed by atoms with Crippen molar-refractivity contribution in [2.24, 2.45) is 0 Å². The van der Waals surface area contributed by atoms with Gasteiger partial charge in [-0.15, -0.1) is 0 Å². The molecule has 0 saturated carbocycles. The summed E-state index contributed by atoms with van der Waals surface area (Å²) in [5.41, 5.74) is 0.194. The first kappa shape index (κ1) is 14.8. The van der Waals surface area contributed by atoms with Crippen LogP contribution in [0.1, 0.15) is 26.2 Å². The molecule has 0 aromatic carbocycles. The van der Waals surface area contributed by atoms with Crippen molar-refractivity contribution in [1.82, 2.24) is 9.78 Å². The normalized spacial score (nSPS) is 15.2. The number of esters is 1.